The van der Waals surface area contributed by atoms with Crippen molar-refractivity contribution in [2.75, 3.05) is 5.73 Å². The van der Waals surface area contributed by atoms with Gasteiger partial charge in [0.2, 0.25) is 6.29 Å². The molecule has 0 fully saturated rings. The van der Waals surface area contributed by atoms with E-state index in [2.05, 4.69) is 4.98 Å². The second-order valence-corrected chi connectivity index (χ2v) is 3.61. The number of nitrogens with two attached hydrogens (primary N) is 1. The van der Waals surface area contributed by atoms with Crippen molar-refractivity contribution in [1.82, 2.24) is 4.98 Å². The van der Waals surface area contributed by atoms with Gasteiger partial charge in [0.1, 0.15) is 10.0 Å². The van der Waals surface area contributed by atoms with Gasteiger partial charge in [0, 0.05) is 5.57 Å². The monoisotopic (exact) mass is 201 g/mol. The van der Waals surface area contributed by atoms with Crippen LogP contribution in [0.3, 0.4) is 0 Å². The number of anilines is 1. The summed E-state index contributed by atoms with van der Waals surface area (Å²) in [4.78, 5) is 14.3. The fourth-order valence-electron chi connectivity index (χ4n) is 0.727. The first-order valence-electron chi connectivity index (χ1n) is 3.15. The molecule has 0 unspecified atom stereocenters. The number of carbonyl (C=O) groups excluding carboxylic acids is 1. The fraction of sp³-hybridized carbons (Fsp3) is 0.143. The molecule has 1 radical (unpaired) electrons. The maximum Gasteiger partial charge on any atom is 0.235 e. The average molecular weight is 202 g/mol. The Morgan fingerprint density at radius 2 is 2.50 bits per heavy atom. The number of nitrogen functional groups attached to an aromatic ring is 1. The SMILES string of the molecule is C/C=C(/[C]=O)c1nc(N)sc1Cl. The Labute approximate surface area is 78.9 Å². The molecule has 0 amide bonds. The number of thiazole rings is 1. The molecule has 3 nitrogen and oxygen atoms in total. The predicted molar refractivity (Wildman–Crippen MR) is 50.9 cm³/mol. The Bertz CT molecular complexity index is 332. The molecule has 0 atom stereocenters. The molecule has 0 aromatic carbocycles. The van der Waals surface area contributed by atoms with Gasteiger partial charge in [-0.2, -0.15) is 0 Å². The number of halogens is 1. The molecule has 1 aromatic rings. The van der Waals surface area contributed by atoms with Gasteiger partial charge in [0.25, 0.3) is 0 Å². The number of hydrogen-bond acceptors (Lipinski definition) is 4. The summed E-state index contributed by atoms with van der Waals surface area (Å²) in [6.07, 6.45) is 3.33. The van der Waals surface area contributed by atoms with Crippen LogP contribution in [-0.4, -0.2) is 11.3 Å². The molecule has 0 saturated heterocycles. The molecule has 0 saturated carbocycles. The molecule has 2 N–H and O–H groups in total. The van der Waals surface area contributed by atoms with E-state index in [-0.39, 0.29) is 0 Å². The van der Waals surface area contributed by atoms with Crippen molar-refractivity contribution in [2.24, 2.45) is 0 Å². The van der Waals surface area contributed by atoms with Crippen LogP contribution >= 0.6 is 22.9 Å². The molecule has 5 heteroatoms. The third-order valence-electron chi connectivity index (χ3n) is 1.26. The summed E-state index contributed by atoms with van der Waals surface area (Å²) in [6, 6.07) is 0. The molecule has 0 aliphatic carbocycles. The van der Waals surface area contributed by atoms with E-state index in [1.807, 2.05) is 0 Å². The highest BCUT2D eigenvalue weighted by Gasteiger charge is 2.11. The first-order valence-corrected chi connectivity index (χ1v) is 4.35. The van der Waals surface area contributed by atoms with Crippen molar-refractivity contribution in [3.05, 3.63) is 16.1 Å². The molecule has 12 heavy (non-hydrogen) atoms. The zero-order chi connectivity index (χ0) is 9.14. The van der Waals surface area contributed by atoms with Gasteiger partial charge < -0.3 is 5.73 Å². The Morgan fingerprint density at radius 3 is 2.83 bits per heavy atom. The highest BCUT2D eigenvalue weighted by atomic mass is 35.5. The molecule has 63 valence electrons. The maximum atomic E-state index is 10.4. The highest BCUT2D eigenvalue weighted by Crippen LogP contribution is 2.29. The first-order chi connectivity index (χ1) is 5.69. The van der Waals surface area contributed by atoms with E-state index in [0.29, 0.717) is 20.7 Å². The fourth-order valence-corrected chi connectivity index (χ4v) is 1.68. The number of nitrogens with zero attached hydrogens (tertiary/aromatic N) is 1. The van der Waals surface area contributed by atoms with Crippen LogP contribution in [-0.2, 0) is 4.79 Å². The zero-order valence-electron chi connectivity index (χ0n) is 6.30. The second-order valence-electron chi connectivity index (χ2n) is 1.98. The van der Waals surface area contributed by atoms with E-state index >= 15 is 0 Å². The normalized spacial score (nSPS) is 11.7. The number of rotatable bonds is 2. The molecule has 0 spiro atoms. The summed E-state index contributed by atoms with van der Waals surface area (Å²) >= 11 is 6.89. The molecule has 0 aliphatic heterocycles. The van der Waals surface area contributed by atoms with Crippen LogP contribution in [0.4, 0.5) is 5.13 Å². The summed E-state index contributed by atoms with van der Waals surface area (Å²) in [5, 5.41) is 0.351. The van der Waals surface area contributed by atoms with E-state index in [4.69, 9.17) is 17.3 Å². The van der Waals surface area contributed by atoms with Crippen LogP contribution < -0.4 is 5.73 Å². The maximum absolute atomic E-state index is 10.4. The van der Waals surface area contributed by atoms with E-state index in [9.17, 15) is 4.79 Å². The quantitative estimate of drug-likeness (QED) is 0.744. The van der Waals surface area contributed by atoms with Gasteiger partial charge in [-0.15, -0.1) is 0 Å². The third kappa shape index (κ3) is 1.65. The molecule has 1 heterocycles. The van der Waals surface area contributed by atoms with Crippen molar-refractivity contribution in [1.29, 1.82) is 0 Å². The van der Waals surface area contributed by atoms with Gasteiger partial charge >= 0.3 is 0 Å². The lowest BCUT2D eigenvalue weighted by Crippen LogP contribution is -1.88. The Morgan fingerprint density at radius 1 is 1.83 bits per heavy atom. The van der Waals surface area contributed by atoms with Gasteiger partial charge in [0.15, 0.2) is 5.13 Å². The van der Waals surface area contributed by atoms with Gasteiger partial charge in [-0.25, -0.2) is 4.98 Å². The number of hydrogen-bond donors (Lipinski definition) is 1. The highest BCUT2D eigenvalue weighted by molar-refractivity contribution is 7.19. The Balaban J connectivity index is 3.17. The van der Waals surface area contributed by atoms with Crippen molar-refractivity contribution < 1.29 is 4.79 Å². The zero-order valence-corrected chi connectivity index (χ0v) is 7.87. The van der Waals surface area contributed by atoms with Crippen molar-refractivity contribution in [3.8, 4) is 0 Å². The van der Waals surface area contributed by atoms with Crippen LogP contribution in [0.25, 0.3) is 5.57 Å². The molecular formula is C7H6ClN2OS. The lowest BCUT2D eigenvalue weighted by molar-refractivity contribution is 0.565. The van der Waals surface area contributed by atoms with Crippen LogP contribution in [0.1, 0.15) is 12.6 Å². The van der Waals surface area contributed by atoms with E-state index in [1.54, 1.807) is 19.3 Å². The smallest absolute Gasteiger partial charge is 0.235 e. The van der Waals surface area contributed by atoms with Crippen molar-refractivity contribution >= 4 is 39.9 Å². The standard InChI is InChI=1S/C7H6ClN2OS/c1-2-4(3-11)5-6(8)12-7(9)10-5/h2H,1H3,(H2,9,10)/b4-2-. The third-order valence-corrected chi connectivity index (χ3v) is 2.34. The largest absolute Gasteiger partial charge is 0.375 e. The number of aromatic nitrogens is 1. The first kappa shape index (κ1) is 9.22. The van der Waals surface area contributed by atoms with E-state index in [1.165, 1.54) is 0 Å². The minimum absolute atomic E-state index is 0.341. The Kier molecular flexibility index (Phi) is 2.83. The topological polar surface area (TPSA) is 56.0 Å². The predicted octanol–water partition coefficient (Wildman–Crippen LogP) is 1.89. The van der Waals surface area contributed by atoms with Crippen molar-refractivity contribution in [3.63, 3.8) is 0 Å². The van der Waals surface area contributed by atoms with Gasteiger partial charge in [-0.1, -0.05) is 29.0 Å². The van der Waals surface area contributed by atoms with Gasteiger partial charge in [-0.3, -0.25) is 4.79 Å². The van der Waals surface area contributed by atoms with Gasteiger partial charge in [-0.05, 0) is 6.92 Å². The van der Waals surface area contributed by atoms with Crippen molar-refractivity contribution in [2.45, 2.75) is 6.92 Å². The summed E-state index contributed by atoms with van der Waals surface area (Å²) in [5.74, 6) is 0. The molecule has 1 aromatic heterocycles. The lowest BCUT2D eigenvalue weighted by Gasteiger charge is -1.90. The second kappa shape index (κ2) is 3.69. The van der Waals surface area contributed by atoms with Crippen LogP contribution in [0.2, 0.25) is 4.34 Å². The summed E-state index contributed by atoms with van der Waals surface area (Å²) < 4.78 is 0.420. The number of allylic oxidation sites excluding steroid dienone is 2. The minimum atomic E-state index is 0.341. The lowest BCUT2D eigenvalue weighted by atomic mass is 10.2. The van der Waals surface area contributed by atoms with Crippen LogP contribution in [0.5, 0.6) is 0 Å². The Hall–Kier alpha value is -0.870. The average Bonchev–Trinajstić information content (AvgIpc) is 2.34. The van der Waals surface area contributed by atoms with E-state index in [0.717, 1.165) is 11.3 Å². The molecule has 0 aliphatic rings. The van der Waals surface area contributed by atoms with Crippen LogP contribution in [0.15, 0.2) is 6.08 Å². The van der Waals surface area contributed by atoms with Crippen LogP contribution in [0, 0.1) is 0 Å². The minimum Gasteiger partial charge on any atom is -0.375 e. The summed E-state index contributed by atoms with van der Waals surface area (Å²) in [7, 11) is 0. The van der Waals surface area contributed by atoms with E-state index < -0.39 is 0 Å². The summed E-state index contributed by atoms with van der Waals surface area (Å²) in [5.41, 5.74) is 6.15. The molecule has 0 bridgehead atoms. The molecule has 1 rings (SSSR count). The summed E-state index contributed by atoms with van der Waals surface area (Å²) in [6.45, 7) is 1.71. The molecular weight excluding hydrogens is 196 g/mol. The van der Waals surface area contributed by atoms with Gasteiger partial charge in [0.05, 0.1) is 0 Å².